The fourth-order valence-electron chi connectivity index (χ4n) is 2.35. The number of benzene rings is 2. The molecule has 24 heavy (non-hydrogen) atoms. The van der Waals surface area contributed by atoms with Gasteiger partial charge in [0.15, 0.2) is 5.76 Å². The van der Waals surface area contributed by atoms with Gasteiger partial charge in [0, 0.05) is 18.2 Å². The summed E-state index contributed by atoms with van der Waals surface area (Å²) in [6.07, 6.45) is -0.123. The molecule has 3 aromatic rings. The smallest absolute Gasteiger partial charge is 0.257 e. The first-order valence-electron chi connectivity index (χ1n) is 7.83. The lowest BCUT2D eigenvalue weighted by atomic mass is 10.1. The third-order valence-corrected chi connectivity index (χ3v) is 4.86. The largest absolute Gasteiger partial charge is 0.431 e. The van der Waals surface area contributed by atoms with Gasteiger partial charge in [0.2, 0.25) is 6.23 Å². The molecule has 0 fully saturated rings. The molecular weight excluding hydrogens is 320 g/mol. The molecule has 0 radical (unpaired) electrons. The highest BCUT2D eigenvalue weighted by atomic mass is 32.2. The van der Waals surface area contributed by atoms with Gasteiger partial charge in [0.05, 0.1) is 5.25 Å². The molecule has 1 heterocycles. The summed E-state index contributed by atoms with van der Waals surface area (Å²) >= 11 is 1.54. The van der Waals surface area contributed by atoms with Crippen molar-refractivity contribution >= 4 is 11.8 Å². The number of rotatable bonds is 6. The van der Waals surface area contributed by atoms with E-state index >= 15 is 0 Å². The molecule has 0 amide bonds. The highest BCUT2D eigenvalue weighted by Gasteiger charge is 2.22. The van der Waals surface area contributed by atoms with Gasteiger partial charge in [-0.3, -0.25) is 0 Å². The van der Waals surface area contributed by atoms with Gasteiger partial charge in [-0.25, -0.2) is 4.98 Å². The zero-order chi connectivity index (χ0) is 16.9. The first kappa shape index (κ1) is 16.8. The number of thioether (sulfide) groups is 1. The number of ether oxygens (including phenoxy) is 1. The van der Waals surface area contributed by atoms with E-state index in [-0.39, 0.29) is 11.5 Å². The quantitative estimate of drug-likeness (QED) is 0.548. The molecule has 4 nitrogen and oxygen atoms in total. The average molecular weight is 341 g/mol. The molecule has 0 aliphatic rings. The molecule has 124 valence electrons. The van der Waals surface area contributed by atoms with Crippen molar-refractivity contribution in [1.29, 1.82) is 0 Å². The number of methoxy groups -OCH3 is 1. The highest BCUT2D eigenvalue weighted by molar-refractivity contribution is 7.99. The van der Waals surface area contributed by atoms with E-state index in [9.17, 15) is 0 Å². The molecular formula is C19H21N2O2S+. The summed E-state index contributed by atoms with van der Waals surface area (Å²) in [5.41, 5.74) is 6.90. The number of aromatic nitrogens is 1. The Bertz CT molecular complexity index is 718. The van der Waals surface area contributed by atoms with E-state index < -0.39 is 0 Å². The Kier molecular flexibility index (Phi) is 5.35. The summed E-state index contributed by atoms with van der Waals surface area (Å²) in [7, 11) is 1.66. The first-order valence-corrected chi connectivity index (χ1v) is 8.71. The van der Waals surface area contributed by atoms with Gasteiger partial charge in [-0.05, 0) is 6.92 Å². The van der Waals surface area contributed by atoms with Crippen molar-refractivity contribution in [3.05, 3.63) is 60.7 Å². The lowest BCUT2D eigenvalue weighted by Gasteiger charge is -2.11. The SMILES string of the molecule is COC([NH3+])C(C)Sc1nc(-c2ccccc2)c(-c2ccccc2)o1. The van der Waals surface area contributed by atoms with E-state index in [4.69, 9.17) is 14.1 Å². The lowest BCUT2D eigenvalue weighted by molar-refractivity contribution is -0.485. The van der Waals surface area contributed by atoms with E-state index in [0.717, 1.165) is 22.6 Å². The van der Waals surface area contributed by atoms with Crippen LogP contribution in [0, 0.1) is 0 Å². The first-order chi connectivity index (χ1) is 11.7. The van der Waals surface area contributed by atoms with Crippen LogP contribution in [0.3, 0.4) is 0 Å². The van der Waals surface area contributed by atoms with Crippen molar-refractivity contribution in [2.24, 2.45) is 0 Å². The Labute approximate surface area is 146 Å². The Morgan fingerprint density at radius 2 is 1.58 bits per heavy atom. The minimum atomic E-state index is -0.123. The third kappa shape index (κ3) is 3.70. The standard InChI is InChI=1S/C19H20N2O2S/c1-13(18(20)22-2)24-19-21-16(14-9-5-3-6-10-14)17(23-19)15-11-7-4-8-12-15/h3-13,18H,20H2,1-2H3/p+1. The summed E-state index contributed by atoms with van der Waals surface area (Å²) in [5.74, 6) is 0.787. The maximum Gasteiger partial charge on any atom is 0.257 e. The Morgan fingerprint density at radius 1 is 1.00 bits per heavy atom. The van der Waals surface area contributed by atoms with Crippen molar-refractivity contribution in [3.8, 4) is 22.6 Å². The average Bonchev–Trinajstić information content (AvgIpc) is 3.06. The van der Waals surface area contributed by atoms with Crippen LogP contribution in [-0.2, 0) is 4.74 Å². The monoisotopic (exact) mass is 341 g/mol. The van der Waals surface area contributed by atoms with E-state index in [1.54, 1.807) is 7.11 Å². The van der Waals surface area contributed by atoms with E-state index in [2.05, 4.69) is 12.7 Å². The number of hydrogen-bond acceptors (Lipinski definition) is 4. The van der Waals surface area contributed by atoms with Gasteiger partial charge >= 0.3 is 0 Å². The number of oxazole rings is 1. The molecule has 5 heteroatoms. The molecule has 1 aromatic heterocycles. The Morgan fingerprint density at radius 3 is 2.17 bits per heavy atom. The van der Waals surface area contributed by atoms with Crippen LogP contribution in [0.5, 0.6) is 0 Å². The van der Waals surface area contributed by atoms with E-state index in [1.807, 2.05) is 60.7 Å². The molecule has 2 atom stereocenters. The maximum atomic E-state index is 6.09. The van der Waals surface area contributed by atoms with Gasteiger partial charge in [-0.2, -0.15) is 0 Å². The Hall–Kier alpha value is -2.08. The predicted molar refractivity (Wildman–Crippen MR) is 96.4 cm³/mol. The molecule has 2 unspecified atom stereocenters. The molecule has 3 N–H and O–H groups in total. The van der Waals surface area contributed by atoms with Crippen molar-refractivity contribution in [2.45, 2.75) is 23.6 Å². The van der Waals surface area contributed by atoms with Crippen molar-refractivity contribution in [3.63, 3.8) is 0 Å². The van der Waals surface area contributed by atoms with Gasteiger partial charge < -0.3 is 14.9 Å². The molecule has 2 aromatic carbocycles. The third-order valence-electron chi connectivity index (χ3n) is 3.80. The normalized spacial score (nSPS) is 13.6. The molecule has 0 aliphatic carbocycles. The minimum absolute atomic E-state index is 0.123. The topological polar surface area (TPSA) is 62.9 Å². The fraction of sp³-hybridized carbons (Fsp3) is 0.211. The summed E-state index contributed by atoms with van der Waals surface area (Å²) < 4.78 is 11.4. The van der Waals surface area contributed by atoms with E-state index in [0.29, 0.717) is 5.22 Å². The van der Waals surface area contributed by atoms with Crippen molar-refractivity contribution < 1.29 is 14.9 Å². The van der Waals surface area contributed by atoms with Crippen molar-refractivity contribution in [2.75, 3.05) is 7.11 Å². The Balaban J connectivity index is 2.00. The maximum absolute atomic E-state index is 6.09. The van der Waals surface area contributed by atoms with Crippen LogP contribution in [0.1, 0.15) is 6.92 Å². The summed E-state index contributed by atoms with van der Waals surface area (Å²) in [6, 6.07) is 20.1. The highest BCUT2D eigenvalue weighted by Crippen LogP contribution is 2.36. The van der Waals surface area contributed by atoms with Crippen molar-refractivity contribution in [1.82, 2.24) is 4.98 Å². The number of nitrogens with zero attached hydrogens (tertiary/aromatic N) is 1. The number of hydrogen-bond donors (Lipinski definition) is 1. The molecule has 3 rings (SSSR count). The van der Waals surface area contributed by atoms with Crippen LogP contribution in [0.25, 0.3) is 22.6 Å². The molecule has 0 saturated carbocycles. The van der Waals surface area contributed by atoms with Crippen LogP contribution in [0.15, 0.2) is 70.3 Å². The lowest BCUT2D eigenvalue weighted by Crippen LogP contribution is -2.65. The summed E-state index contributed by atoms with van der Waals surface area (Å²) in [4.78, 5) is 4.73. The fourth-order valence-corrected chi connectivity index (χ4v) is 3.21. The summed E-state index contributed by atoms with van der Waals surface area (Å²) in [5, 5.41) is 0.770. The van der Waals surface area contributed by atoms with Crippen LogP contribution in [0.4, 0.5) is 0 Å². The van der Waals surface area contributed by atoms with E-state index in [1.165, 1.54) is 11.8 Å². The van der Waals surface area contributed by atoms with Crippen LogP contribution >= 0.6 is 11.8 Å². The number of quaternary nitrogens is 1. The molecule has 0 spiro atoms. The zero-order valence-corrected chi connectivity index (χ0v) is 14.6. The second-order valence-electron chi connectivity index (χ2n) is 5.49. The molecule has 0 saturated heterocycles. The van der Waals surface area contributed by atoms with Gasteiger partial charge in [0.25, 0.3) is 5.22 Å². The van der Waals surface area contributed by atoms with Crippen LogP contribution in [-0.4, -0.2) is 23.6 Å². The predicted octanol–water partition coefficient (Wildman–Crippen LogP) is 3.70. The van der Waals surface area contributed by atoms with Gasteiger partial charge in [0.1, 0.15) is 5.69 Å². The van der Waals surface area contributed by atoms with Crippen LogP contribution in [0.2, 0.25) is 0 Å². The summed E-state index contributed by atoms with van der Waals surface area (Å²) in [6.45, 7) is 2.06. The second-order valence-corrected chi connectivity index (χ2v) is 6.82. The minimum Gasteiger partial charge on any atom is -0.431 e. The molecule has 0 aliphatic heterocycles. The zero-order valence-electron chi connectivity index (χ0n) is 13.8. The van der Waals surface area contributed by atoms with Gasteiger partial charge in [-0.15, -0.1) is 0 Å². The van der Waals surface area contributed by atoms with Gasteiger partial charge in [-0.1, -0.05) is 72.4 Å². The second kappa shape index (κ2) is 7.66. The molecule has 0 bridgehead atoms. The van der Waals surface area contributed by atoms with Crippen LogP contribution < -0.4 is 5.73 Å².